The number of alkyl halides is 3. The van der Waals surface area contributed by atoms with Gasteiger partial charge in [-0.25, -0.2) is 0 Å². The molecule has 0 aliphatic carbocycles. The third-order valence-corrected chi connectivity index (χ3v) is 1.55. The average molecular weight is 215 g/mol. The lowest BCUT2D eigenvalue weighted by molar-refractivity contribution is -0.208. The van der Waals surface area contributed by atoms with Gasteiger partial charge in [0, 0.05) is 6.20 Å². The minimum absolute atomic E-state index is 0.0920. The van der Waals surface area contributed by atoms with E-state index in [2.05, 4.69) is 5.10 Å². The summed E-state index contributed by atoms with van der Waals surface area (Å²) < 4.78 is 36.4. The van der Waals surface area contributed by atoms with Crippen LogP contribution in [-0.4, -0.2) is 27.2 Å². The molecular weight excluding hydrogens is 209 g/mol. The van der Waals surface area contributed by atoms with Crippen LogP contribution in [0, 0.1) is 0 Å². The first kappa shape index (κ1) is 10.3. The predicted octanol–water partition coefficient (Wildman–Crippen LogP) is 1.46. The second kappa shape index (κ2) is 3.55. The summed E-state index contributed by atoms with van der Waals surface area (Å²) in [6, 6.07) is 1.34. The first-order chi connectivity index (χ1) is 5.89. The van der Waals surface area contributed by atoms with Crippen LogP contribution in [0.3, 0.4) is 0 Å². The summed E-state index contributed by atoms with van der Waals surface area (Å²) in [6.07, 6.45) is -5.78. The highest BCUT2D eigenvalue weighted by Crippen LogP contribution is 2.21. The monoisotopic (exact) mass is 214 g/mol. The molecule has 0 radical (unpaired) electrons. The number of halogens is 4. The lowest BCUT2D eigenvalue weighted by Crippen LogP contribution is -2.32. The Labute approximate surface area is 76.7 Å². The molecule has 1 heterocycles. The van der Waals surface area contributed by atoms with Crippen molar-refractivity contribution in [3.05, 3.63) is 17.4 Å². The van der Waals surface area contributed by atoms with E-state index in [-0.39, 0.29) is 5.15 Å². The molecule has 1 atom stereocenters. The normalized spacial score (nSPS) is 14.5. The molecule has 0 bridgehead atoms. The molecule has 7 heteroatoms. The quantitative estimate of drug-likeness (QED) is 0.810. The fraction of sp³-hybridized carbons (Fsp3) is 0.500. The minimum Gasteiger partial charge on any atom is -0.382 e. The predicted molar refractivity (Wildman–Crippen MR) is 39.3 cm³/mol. The van der Waals surface area contributed by atoms with E-state index in [1.165, 1.54) is 12.3 Å². The van der Waals surface area contributed by atoms with E-state index in [1.807, 2.05) is 0 Å². The number of rotatable bonds is 2. The van der Waals surface area contributed by atoms with Gasteiger partial charge >= 0.3 is 6.18 Å². The molecule has 0 saturated carbocycles. The summed E-state index contributed by atoms with van der Waals surface area (Å²) >= 11 is 5.36. The van der Waals surface area contributed by atoms with Crippen molar-refractivity contribution in [3.63, 3.8) is 0 Å². The molecule has 1 aromatic rings. The van der Waals surface area contributed by atoms with Crippen LogP contribution in [0.4, 0.5) is 13.2 Å². The van der Waals surface area contributed by atoms with Crippen molar-refractivity contribution in [1.82, 2.24) is 9.78 Å². The molecule has 0 fully saturated rings. The molecule has 0 saturated heterocycles. The molecular formula is C6H6ClF3N2O. The number of aliphatic hydroxyl groups excluding tert-OH is 1. The van der Waals surface area contributed by atoms with Gasteiger partial charge in [-0.3, -0.25) is 4.68 Å². The Morgan fingerprint density at radius 1 is 1.62 bits per heavy atom. The Hall–Kier alpha value is -0.750. The van der Waals surface area contributed by atoms with Gasteiger partial charge in [-0.2, -0.15) is 18.3 Å². The van der Waals surface area contributed by atoms with E-state index < -0.39 is 18.8 Å². The van der Waals surface area contributed by atoms with Gasteiger partial charge in [-0.15, -0.1) is 0 Å². The number of hydrogen-bond acceptors (Lipinski definition) is 2. The van der Waals surface area contributed by atoms with E-state index in [0.29, 0.717) is 0 Å². The summed E-state index contributed by atoms with van der Waals surface area (Å²) in [4.78, 5) is 0. The van der Waals surface area contributed by atoms with Crippen LogP contribution in [0.25, 0.3) is 0 Å². The molecule has 1 N–H and O–H groups in total. The van der Waals surface area contributed by atoms with Crippen molar-refractivity contribution in [2.24, 2.45) is 0 Å². The zero-order valence-corrected chi connectivity index (χ0v) is 7.05. The number of nitrogens with zero attached hydrogens (tertiary/aromatic N) is 2. The minimum atomic E-state index is -4.63. The van der Waals surface area contributed by atoms with Gasteiger partial charge in [-0.1, -0.05) is 11.6 Å². The van der Waals surface area contributed by atoms with Gasteiger partial charge in [0.2, 0.25) is 0 Å². The van der Waals surface area contributed by atoms with Crippen LogP contribution in [0.1, 0.15) is 0 Å². The van der Waals surface area contributed by atoms with Gasteiger partial charge in [0.1, 0.15) is 0 Å². The van der Waals surface area contributed by atoms with E-state index in [0.717, 1.165) is 4.68 Å². The molecule has 0 aromatic carbocycles. The van der Waals surface area contributed by atoms with Crippen molar-refractivity contribution in [2.45, 2.75) is 18.8 Å². The Balaban J connectivity index is 2.60. The van der Waals surface area contributed by atoms with E-state index >= 15 is 0 Å². The van der Waals surface area contributed by atoms with Crippen molar-refractivity contribution in [3.8, 4) is 0 Å². The highest BCUT2D eigenvalue weighted by Gasteiger charge is 2.38. The Morgan fingerprint density at radius 3 is 2.62 bits per heavy atom. The van der Waals surface area contributed by atoms with Crippen LogP contribution in [0.15, 0.2) is 12.3 Å². The van der Waals surface area contributed by atoms with Gasteiger partial charge in [0.15, 0.2) is 11.3 Å². The van der Waals surface area contributed by atoms with Gasteiger partial charge in [0.05, 0.1) is 6.54 Å². The zero-order valence-electron chi connectivity index (χ0n) is 6.29. The smallest absolute Gasteiger partial charge is 0.382 e. The van der Waals surface area contributed by atoms with Crippen LogP contribution in [0.5, 0.6) is 0 Å². The van der Waals surface area contributed by atoms with Crippen LogP contribution >= 0.6 is 11.6 Å². The SMILES string of the molecule is OC(Cn1ccc(Cl)n1)C(F)(F)F. The first-order valence-corrected chi connectivity index (χ1v) is 3.71. The molecule has 0 aliphatic rings. The van der Waals surface area contributed by atoms with Crippen LogP contribution in [0.2, 0.25) is 5.15 Å². The molecule has 1 rings (SSSR count). The molecule has 1 aromatic heterocycles. The van der Waals surface area contributed by atoms with Gasteiger partial charge in [-0.05, 0) is 6.07 Å². The van der Waals surface area contributed by atoms with E-state index in [1.54, 1.807) is 0 Å². The maximum atomic E-state index is 11.8. The van der Waals surface area contributed by atoms with Crippen molar-refractivity contribution in [1.29, 1.82) is 0 Å². The van der Waals surface area contributed by atoms with Crippen LogP contribution in [-0.2, 0) is 6.54 Å². The number of aliphatic hydroxyl groups is 1. The molecule has 0 aliphatic heterocycles. The van der Waals surface area contributed by atoms with Gasteiger partial charge < -0.3 is 5.11 Å². The summed E-state index contributed by atoms with van der Waals surface area (Å²) in [5.41, 5.74) is 0. The second-order valence-electron chi connectivity index (χ2n) is 2.42. The van der Waals surface area contributed by atoms with Crippen molar-refractivity contribution in [2.75, 3.05) is 0 Å². The lowest BCUT2D eigenvalue weighted by Gasteiger charge is -2.13. The standard InChI is InChI=1S/C6H6ClF3N2O/c7-5-1-2-12(11-5)3-4(13)6(8,9)10/h1-2,4,13H,3H2. The third-order valence-electron chi connectivity index (χ3n) is 1.35. The number of aromatic nitrogens is 2. The largest absolute Gasteiger partial charge is 0.416 e. The Morgan fingerprint density at radius 2 is 2.23 bits per heavy atom. The topological polar surface area (TPSA) is 38.0 Å². The molecule has 0 amide bonds. The second-order valence-corrected chi connectivity index (χ2v) is 2.81. The highest BCUT2D eigenvalue weighted by atomic mass is 35.5. The third kappa shape index (κ3) is 2.89. The molecule has 0 spiro atoms. The highest BCUT2D eigenvalue weighted by molar-refractivity contribution is 6.29. The molecule has 74 valence electrons. The summed E-state index contributed by atoms with van der Waals surface area (Å²) in [5.74, 6) is 0. The Kier molecular flexibility index (Phi) is 2.82. The fourth-order valence-corrected chi connectivity index (χ4v) is 0.873. The molecule has 1 unspecified atom stereocenters. The summed E-state index contributed by atoms with van der Waals surface area (Å²) in [6.45, 7) is -0.643. The van der Waals surface area contributed by atoms with Crippen molar-refractivity contribution < 1.29 is 18.3 Å². The Bertz CT molecular complexity index is 286. The fourth-order valence-electron chi connectivity index (χ4n) is 0.719. The average Bonchev–Trinajstić information content (AvgIpc) is 2.33. The van der Waals surface area contributed by atoms with Gasteiger partial charge in [0.25, 0.3) is 0 Å². The number of hydrogen-bond donors (Lipinski definition) is 1. The first-order valence-electron chi connectivity index (χ1n) is 3.33. The van der Waals surface area contributed by atoms with Crippen LogP contribution < -0.4 is 0 Å². The zero-order chi connectivity index (χ0) is 10.1. The molecule has 13 heavy (non-hydrogen) atoms. The van der Waals surface area contributed by atoms with E-state index in [9.17, 15) is 13.2 Å². The molecule has 3 nitrogen and oxygen atoms in total. The van der Waals surface area contributed by atoms with Crippen molar-refractivity contribution >= 4 is 11.6 Å². The summed E-state index contributed by atoms with van der Waals surface area (Å²) in [7, 11) is 0. The summed E-state index contributed by atoms with van der Waals surface area (Å²) in [5, 5.41) is 12.2. The lowest BCUT2D eigenvalue weighted by atomic mass is 10.3. The van der Waals surface area contributed by atoms with E-state index in [4.69, 9.17) is 16.7 Å². The maximum Gasteiger partial charge on any atom is 0.416 e. The maximum absolute atomic E-state index is 11.8.